The van der Waals surface area contributed by atoms with Crippen molar-refractivity contribution in [3.05, 3.63) is 0 Å². The van der Waals surface area contributed by atoms with Crippen molar-refractivity contribution in [2.24, 2.45) is 0 Å². The first-order chi connectivity index (χ1) is 8.19. The lowest BCUT2D eigenvalue weighted by atomic mass is 10.3. The summed E-state index contributed by atoms with van der Waals surface area (Å²) in [5.74, 6) is 0.749. The van der Waals surface area contributed by atoms with Crippen LogP contribution < -0.4 is 5.32 Å². The molecule has 1 saturated heterocycles. The summed E-state index contributed by atoms with van der Waals surface area (Å²) >= 11 is 1.45. The topological polar surface area (TPSA) is 69.6 Å². The zero-order valence-corrected chi connectivity index (χ0v) is 10.9. The van der Waals surface area contributed by atoms with Crippen LogP contribution in [-0.4, -0.2) is 52.6 Å². The lowest BCUT2D eigenvalue weighted by molar-refractivity contribution is -0.131. The zero-order valence-electron chi connectivity index (χ0n) is 10.1. The van der Waals surface area contributed by atoms with Gasteiger partial charge in [-0.1, -0.05) is 13.3 Å². The van der Waals surface area contributed by atoms with Crippen LogP contribution in [0.4, 0.5) is 0 Å². The molecular weight excluding hydrogens is 240 g/mol. The molecule has 1 fully saturated rings. The molecule has 2 amide bonds. The molecule has 1 aliphatic rings. The Hall–Kier alpha value is -0.750. The highest BCUT2D eigenvalue weighted by molar-refractivity contribution is 8.00. The first kappa shape index (κ1) is 14.3. The van der Waals surface area contributed by atoms with Crippen LogP contribution in [-0.2, 0) is 9.59 Å². The molecule has 2 atom stereocenters. The lowest BCUT2D eigenvalue weighted by Crippen LogP contribution is -2.43. The Morgan fingerprint density at radius 1 is 1.71 bits per heavy atom. The largest absolute Gasteiger partial charge is 0.391 e. The third kappa shape index (κ3) is 4.55. The maximum absolute atomic E-state index is 12.0. The normalized spacial score (nSPS) is 21.3. The number of aliphatic hydroxyl groups excluding tert-OH is 1. The number of nitrogens with one attached hydrogen (secondary N) is 1. The second-order valence-electron chi connectivity index (χ2n) is 4.12. The van der Waals surface area contributed by atoms with Crippen molar-refractivity contribution in [2.75, 3.05) is 18.8 Å². The molecule has 17 heavy (non-hydrogen) atoms. The minimum Gasteiger partial charge on any atom is -0.391 e. The molecule has 5 nitrogen and oxygen atoms in total. The molecule has 0 aromatic heterocycles. The second kappa shape index (κ2) is 7.55. The van der Waals surface area contributed by atoms with Gasteiger partial charge in [0.2, 0.25) is 6.41 Å². The predicted molar refractivity (Wildman–Crippen MR) is 67.6 cm³/mol. The van der Waals surface area contributed by atoms with E-state index in [0.717, 1.165) is 18.6 Å². The quantitative estimate of drug-likeness (QED) is 0.389. The lowest BCUT2D eigenvalue weighted by Gasteiger charge is -2.22. The molecule has 0 aliphatic carbocycles. The van der Waals surface area contributed by atoms with E-state index < -0.39 is 11.5 Å². The summed E-state index contributed by atoms with van der Waals surface area (Å²) in [6.45, 7) is 3.04. The van der Waals surface area contributed by atoms with Crippen LogP contribution in [0.3, 0.4) is 0 Å². The van der Waals surface area contributed by atoms with Gasteiger partial charge in [-0.25, -0.2) is 0 Å². The predicted octanol–water partition coefficient (Wildman–Crippen LogP) is 0.185. The fourth-order valence-electron chi connectivity index (χ4n) is 1.71. The standard InChI is InChI=1S/C11H20N2O3S/c1-2-3-6-17-10(12-8-14)11(16)13-5-4-9(15)7-13/h8-10,15H,2-7H2,1H3,(H,12,14). The number of aliphatic hydroxyl groups is 1. The third-order valence-corrected chi connectivity index (χ3v) is 3.90. The van der Waals surface area contributed by atoms with Gasteiger partial charge >= 0.3 is 0 Å². The van der Waals surface area contributed by atoms with E-state index in [-0.39, 0.29) is 5.91 Å². The van der Waals surface area contributed by atoms with E-state index in [9.17, 15) is 14.7 Å². The Bertz CT molecular complexity index is 263. The smallest absolute Gasteiger partial charge is 0.255 e. The van der Waals surface area contributed by atoms with Crippen LogP contribution in [0.5, 0.6) is 0 Å². The molecular formula is C11H20N2O3S. The SMILES string of the molecule is CCCCSC(NC=O)C(=O)N1CCC(O)C1. The summed E-state index contributed by atoms with van der Waals surface area (Å²) in [5, 5.41) is 11.4. The molecule has 98 valence electrons. The molecule has 0 aromatic carbocycles. The van der Waals surface area contributed by atoms with Crippen LogP contribution in [0, 0.1) is 0 Å². The Balaban J connectivity index is 2.44. The van der Waals surface area contributed by atoms with Crippen molar-refractivity contribution in [3.63, 3.8) is 0 Å². The molecule has 0 saturated carbocycles. The Kier molecular flexibility index (Phi) is 6.36. The molecule has 0 spiro atoms. The van der Waals surface area contributed by atoms with Crippen LogP contribution in [0.2, 0.25) is 0 Å². The van der Waals surface area contributed by atoms with E-state index in [1.54, 1.807) is 4.90 Å². The number of thioether (sulfide) groups is 1. The van der Waals surface area contributed by atoms with E-state index in [4.69, 9.17) is 0 Å². The third-order valence-electron chi connectivity index (χ3n) is 2.70. The van der Waals surface area contributed by atoms with Gasteiger partial charge in [0.25, 0.3) is 5.91 Å². The van der Waals surface area contributed by atoms with Gasteiger partial charge in [0.15, 0.2) is 5.37 Å². The van der Waals surface area contributed by atoms with Crippen LogP contribution >= 0.6 is 11.8 Å². The second-order valence-corrected chi connectivity index (χ2v) is 5.33. The highest BCUT2D eigenvalue weighted by atomic mass is 32.2. The Morgan fingerprint density at radius 2 is 2.47 bits per heavy atom. The summed E-state index contributed by atoms with van der Waals surface area (Å²) in [4.78, 5) is 24.2. The van der Waals surface area contributed by atoms with Crippen molar-refractivity contribution < 1.29 is 14.7 Å². The molecule has 0 bridgehead atoms. The zero-order chi connectivity index (χ0) is 12.7. The van der Waals surface area contributed by atoms with Crippen LogP contribution in [0.25, 0.3) is 0 Å². The van der Waals surface area contributed by atoms with E-state index in [1.165, 1.54) is 11.8 Å². The number of nitrogens with zero attached hydrogens (tertiary/aromatic N) is 1. The number of hydrogen-bond donors (Lipinski definition) is 2. The van der Waals surface area contributed by atoms with Crippen molar-refractivity contribution >= 4 is 24.1 Å². The van der Waals surface area contributed by atoms with E-state index in [2.05, 4.69) is 12.2 Å². The van der Waals surface area contributed by atoms with Gasteiger partial charge in [0.05, 0.1) is 6.10 Å². The summed E-state index contributed by atoms with van der Waals surface area (Å²) in [7, 11) is 0. The van der Waals surface area contributed by atoms with Crippen LogP contribution in [0.15, 0.2) is 0 Å². The van der Waals surface area contributed by atoms with Crippen LogP contribution in [0.1, 0.15) is 26.2 Å². The molecule has 2 N–H and O–H groups in total. The van der Waals surface area contributed by atoms with Gasteiger partial charge in [-0.05, 0) is 18.6 Å². The molecule has 6 heteroatoms. The first-order valence-corrected chi connectivity index (χ1v) is 7.02. The number of carbonyl (C=O) groups is 2. The first-order valence-electron chi connectivity index (χ1n) is 5.97. The summed E-state index contributed by atoms with van der Waals surface area (Å²) in [6.07, 6.45) is 2.86. The van der Waals surface area contributed by atoms with E-state index in [1.807, 2.05) is 0 Å². The van der Waals surface area contributed by atoms with Crippen molar-refractivity contribution in [2.45, 2.75) is 37.7 Å². The van der Waals surface area contributed by atoms with Gasteiger partial charge in [-0.3, -0.25) is 9.59 Å². The van der Waals surface area contributed by atoms with Gasteiger partial charge in [-0.2, -0.15) is 0 Å². The molecule has 1 heterocycles. The number of rotatable bonds is 7. The number of amides is 2. The minimum atomic E-state index is -0.510. The Morgan fingerprint density at radius 3 is 3.00 bits per heavy atom. The maximum atomic E-state index is 12.0. The number of carbonyl (C=O) groups excluding carboxylic acids is 2. The average Bonchev–Trinajstić information content (AvgIpc) is 2.74. The fraction of sp³-hybridized carbons (Fsp3) is 0.818. The number of hydrogen-bond acceptors (Lipinski definition) is 4. The monoisotopic (exact) mass is 260 g/mol. The van der Waals surface area contributed by atoms with Crippen molar-refractivity contribution in [3.8, 4) is 0 Å². The summed E-state index contributed by atoms with van der Waals surface area (Å²) in [5.41, 5.74) is 0. The molecule has 0 aromatic rings. The number of β-amino-alcohol motifs (C(OH)–C–C–N with tert-alkyl or cyclic N) is 1. The molecule has 1 aliphatic heterocycles. The maximum Gasteiger partial charge on any atom is 0.255 e. The van der Waals surface area contributed by atoms with Crippen molar-refractivity contribution in [1.82, 2.24) is 10.2 Å². The van der Waals surface area contributed by atoms with Gasteiger partial charge in [-0.15, -0.1) is 11.8 Å². The molecule has 1 rings (SSSR count). The van der Waals surface area contributed by atoms with Gasteiger partial charge in [0, 0.05) is 13.1 Å². The number of likely N-dealkylation sites (tertiary alicyclic amines) is 1. The van der Waals surface area contributed by atoms with Crippen molar-refractivity contribution in [1.29, 1.82) is 0 Å². The fourth-order valence-corrected chi connectivity index (χ4v) is 2.84. The minimum absolute atomic E-state index is 0.102. The summed E-state index contributed by atoms with van der Waals surface area (Å²) in [6, 6.07) is 0. The van der Waals surface area contributed by atoms with Gasteiger partial charge < -0.3 is 15.3 Å². The summed E-state index contributed by atoms with van der Waals surface area (Å²) < 4.78 is 0. The highest BCUT2D eigenvalue weighted by Gasteiger charge is 2.29. The molecule has 2 unspecified atom stereocenters. The van der Waals surface area contributed by atoms with E-state index >= 15 is 0 Å². The Labute approximate surface area is 106 Å². The highest BCUT2D eigenvalue weighted by Crippen LogP contribution is 2.17. The van der Waals surface area contributed by atoms with E-state index in [0.29, 0.717) is 25.9 Å². The molecule has 0 radical (unpaired) electrons. The number of unbranched alkanes of at least 4 members (excludes halogenated alkanes) is 1. The van der Waals surface area contributed by atoms with Gasteiger partial charge in [0.1, 0.15) is 0 Å². The average molecular weight is 260 g/mol.